The summed E-state index contributed by atoms with van der Waals surface area (Å²) < 4.78 is 5.17. The minimum atomic E-state index is -0.275. The molecule has 0 aliphatic carbocycles. The van der Waals surface area contributed by atoms with Gasteiger partial charge in [0.1, 0.15) is 12.4 Å². The molecule has 0 bridgehead atoms. The average Bonchev–Trinajstić information content (AvgIpc) is 2.52. The lowest BCUT2D eigenvalue weighted by Gasteiger charge is -2.04. The largest absolute Gasteiger partial charge is 0.461 e. The van der Waals surface area contributed by atoms with E-state index in [0.717, 1.165) is 25.7 Å². The zero-order valence-electron chi connectivity index (χ0n) is 16.2. The third-order valence-corrected chi connectivity index (χ3v) is 3.93. The Hall–Kier alpha value is -1.38. The summed E-state index contributed by atoms with van der Waals surface area (Å²) in [5, 5.41) is 0. The third kappa shape index (κ3) is 15.5. The van der Waals surface area contributed by atoms with Crippen LogP contribution in [-0.4, -0.2) is 18.4 Å². The number of esters is 1. The van der Waals surface area contributed by atoms with Crippen LogP contribution in [0.3, 0.4) is 0 Å². The molecule has 0 rings (SSSR count). The molecule has 3 nitrogen and oxygen atoms in total. The molecule has 0 atom stereocenters. The van der Waals surface area contributed by atoms with E-state index >= 15 is 0 Å². The molecule has 0 unspecified atom stereocenters. The zero-order chi connectivity index (χ0) is 18.2. The van der Waals surface area contributed by atoms with E-state index in [9.17, 15) is 9.59 Å². The minimum Gasteiger partial charge on any atom is -0.461 e. The second-order valence-electron chi connectivity index (χ2n) is 6.76. The van der Waals surface area contributed by atoms with Crippen LogP contribution in [0, 0.1) is 0 Å². The molecule has 0 aliphatic heterocycles. The number of unbranched alkanes of at least 4 members (excludes halogenated alkanes) is 4. The topological polar surface area (TPSA) is 43.4 Å². The van der Waals surface area contributed by atoms with Crippen LogP contribution in [-0.2, 0) is 14.3 Å². The number of ether oxygens (including phenoxy) is 1. The lowest BCUT2D eigenvalue weighted by Crippen LogP contribution is -2.08. The molecular weight excluding hydrogens is 300 g/mol. The van der Waals surface area contributed by atoms with Crippen molar-refractivity contribution in [3.63, 3.8) is 0 Å². The second-order valence-corrected chi connectivity index (χ2v) is 6.76. The van der Waals surface area contributed by atoms with Gasteiger partial charge >= 0.3 is 5.97 Å². The Labute approximate surface area is 148 Å². The molecule has 0 saturated carbocycles. The van der Waals surface area contributed by atoms with Gasteiger partial charge in [-0.25, -0.2) is 0 Å². The summed E-state index contributed by atoms with van der Waals surface area (Å²) in [7, 11) is 0. The van der Waals surface area contributed by atoms with Gasteiger partial charge in [-0.2, -0.15) is 0 Å². The first-order chi connectivity index (χ1) is 11.5. The minimum absolute atomic E-state index is 0.178. The molecule has 0 aromatic heterocycles. The number of ketones is 1. The van der Waals surface area contributed by atoms with Gasteiger partial charge in [-0.1, -0.05) is 49.8 Å². The third-order valence-electron chi connectivity index (χ3n) is 3.93. The Morgan fingerprint density at radius 2 is 1.54 bits per heavy atom. The standard InChI is InChI=1S/C21H36O3/c1-5-6-7-8-9-13-20(22)14-15-21(23)24-17-16-19(4)12-10-11-18(2)3/h11,16H,5-10,12-15,17H2,1-4H3. The van der Waals surface area contributed by atoms with Crippen LogP contribution in [0.15, 0.2) is 23.3 Å². The maximum Gasteiger partial charge on any atom is 0.306 e. The average molecular weight is 337 g/mol. The van der Waals surface area contributed by atoms with Gasteiger partial charge in [0.2, 0.25) is 0 Å². The van der Waals surface area contributed by atoms with Crippen molar-refractivity contribution in [3.05, 3.63) is 23.3 Å². The number of carbonyl (C=O) groups is 2. The van der Waals surface area contributed by atoms with Crippen molar-refractivity contribution >= 4 is 11.8 Å². The van der Waals surface area contributed by atoms with Gasteiger partial charge in [-0.05, 0) is 46.1 Å². The quantitative estimate of drug-likeness (QED) is 0.224. The first-order valence-corrected chi connectivity index (χ1v) is 9.42. The number of rotatable bonds is 14. The summed E-state index contributed by atoms with van der Waals surface area (Å²) in [4.78, 5) is 23.3. The molecule has 0 fully saturated rings. The van der Waals surface area contributed by atoms with Gasteiger partial charge in [0.15, 0.2) is 0 Å². The van der Waals surface area contributed by atoms with Crippen molar-refractivity contribution in [2.75, 3.05) is 6.61 Å². The first kappa shape index (κ1) is 22.6. The molecule has 0 saturated heterocycles. The summed E-state index contributed by atoms with van der Waals surface area (Å²) >= 11 is 0. The van der Waals surface area contributed by atoms with Crippen molar-refractivity contribution in [2.24, 2.45) is 0 Å². The van der Waals surface area contributed by atoms with E-state index in [1.807, 2.05) is 6.08 Å². The van der Waals surface area contributed by atoms with Crippen LogP contribution in [0.4, 0.5) is 0 Å². The van der Waals surface area contributed by atoms with Crippen molar-refractivity contribution in [1.29, 1.82) is 0 Å². The molecule has 3 heteroatoms. The zero-order valence-corrected chi connectivity index (χ0v) is 16.2. The molecule has 0 amide bonds. The van der Waals surface area contributed by atoms with Gasteiger partial charge < -0.3 is 4.74 Å². The highest BCUT2D eigenvalue weighted by atomic mass is 16.5. The van der Waals surface area contributed by atoms with E-state index in [0.29, 0.717) is 19.4 Å². The molecule has 138 valence electrons. The van der Waals surface area contributed by atoms with E-state index in [1.165, 1.54) is 30.4 Å². The smallest absolute Gasteiger partial charge is 0.306 e. The molecule has 0 N–H and O–H groups in total. The van der Waals surface area contributed by atoms with E-state index in [-0.39, 0.29) is 18.2 Å². The van der Waals surface area contributed by atoms with Gasteiger partial charge in [-0.15, -0.1) is 0 Å². The van der Waals surface area contributed by atoms with Gasteiger partial charge in [0.25, 0.3) is 0 Å². The maximum atomic E-state index is 11.7. The Morgan fingerprint density at radius 3 is 2.21 bits per heavy atom. The molecule has 0 aliphatic rings. The molecule has 0 aromatic carbocycles. The molecule has 0 aromatic rings. The van der Waals surface area contributed by atoms with Crippen LogP contribution < -0.4 is 0 Å². The molecule has 24 heavy (non-hydrogen) atoms. The van der Waals surface area contributed by atoms with Crippen molar-refractivity contribution in [3.8, 4) is 0 Å². The molecule has 0 heterocycles. The van der Waals surface area contributed by atoms with Crippen molar-refractivity contribution in [1.82, 2.24) is 0 Å². The van der Waals surface area contributed by atoms with E-state index in [4.69, 9.17) is 4.74 Å². The highest BCUT2D eigenvalue weighted by molar-refractivity contribution is 5.82. The molecule has 0 spiro atoms. The predicted molar refractivity (Wildman–Crippen MR) is 101 cm³/mol. The Balaban J connectivity index is 3.71. The van der Waals surface area contributed by atoms with E-state index in [1.54, 1.807) is 0 Å². The summed E-state index contributed by atoms with van der Waals surface area (Å²) in [6.45, 7) is 8.72. The van der Waals surface area contributed by atoms with Crippen LogP contribution in [0.2, 0.25) is 0 Å². The van der Waals surface area contributed by atoms with Crippen LogP contribution in [0.25, 0.3) is 0 Å². The fourth-order valence-electron chi connectivity index (χ4n) is 2.33. The lowest BCUT2D eigenvalue weighted by molar-refractivity contribution is -0.143. The van der Waals surface area contributed by atoms with Gasteiger partial charge in [0.05, 0.1) is 6.42 Å². The Morgan fingerprint density at radius 1 is 0.833 bits per heavy atom. The first-order valence-electron chi connectivity index (χ1n) is 9.42. The Bertz CT molecular complexity index is 415. The summed E-state index contributed by atoms with van der Waals surface area (Å²) in [6, 6.07) is 0. The lowest BCUT2D eigenvalue weighted by atomic mass is 10.1. The number of allylic oxidation sites excluding steroid dienone is 3. The predicted octanol–water partition coefficient (Wildman–Crippen LogP) is 5.93. The van der Waals surface area contributed by atoms with Gasteiger partial charge in [0, 0.05) is 12.8 Å². The van der Waals surface area contributed by atoms with Crippen molar-refractivity contribution < 1.29 is 14.3 Å². The number of carbonyl (C=O) groups excluding carboxylic acids is 2. The normalized spacial score (nSPS) is 11.2. The van der Waals surface area contributed by atoms with Crippen molar-refractivity contribution in [2.45, 2.75) is 91.9 Å². The molecule has 0 radical (unpaired) electrons. The number of hydrogen-bond acceptors (Lipinski definition) is 3. The van der Waals surface area contributed by atoms with Crippen LogP contribution >= 0.6 is 0 Å². The highest BCUT2D eigenvalue weighted by Gasteiger charge is 2.07. The number of Topliss-reactive ketones (excluding diaryl/α,β-unsaturated/α-hetero) is 1. The Kier molecular flexibility index (Phi) is 14.3. The molecular formula is C21H36O3. The summed E-state index contributed by atoms with van der Waals surface area (Å²) in [6.07, 6.45) is 13.0. The fraction of sp³-hybridized carbons (Fsp3) is 0.714. The van der Waals surface area contributed by atoms with Crippen LogP contribution in [0.5, 0.6) is 0 Å². The maximum absolute atomic E-state index is 11.7. The SMILES string of the molecule is CCCCCCCC(=O)CCC(=O)OCC=C(C)CCC=C(C)C. The monoisotopic (exact) mass is 336 g/mol. The highest BCUT2D eigenvalue weighted by Crippen LogP contribution is 2.08. The van der Waals surface area contributed by atoms with Gasteiger partial charge in [-0.3, -0.25) is 9.59 Å². The van der Waals surface area contributed by atoms with E-state index in [2.05, 4.69) is 33.8 Å². The summed E-state index contributed by atoms with van der Waals surface area (Å²) in [5.74, 6) is -0.0976. The van der Waals surface area contributed by atoms with E-state index < -0.39 is 0 Å². The summed E-state index contributed by atoms with van der Waals surface area (Å²) in [5.41, 5.74) is 2.55. The second kappa shape index (κ2) is 15.2. The fourth-order valence-corrected chi connectivity index (χ4v) is 2.33. The van der Waals surface area contributed by atoms with Crippen LogP contribution in [0.1, 0.15) is 91.9 Å². The number of hydrogen-bond donors (Lipinski definition) is 0.